The lowest BCUT2D eigenvalue weighted by Gasteiger charge is -2.25. The van der Waals surface area contributed by atoms with Gasteiger partial charge in [-0.15, -0.1) is 0 Å². The number of halogens is 3. The lowest BCUT2D eigenvalue weighted by molar-refractivity contribution is 0.146. The lowest BCUT2D eigenvalue weighted by Crippen LogP contribution is -2.29. The van der Waals surface area contributed by atoms with Crippen LogP contribution in [0.5, 0.6) is 0 Å². The Balaban J connectivity index is 1.74. The molecular formula is C22H23F3N4O2S. The molecule has 1 aliphatic heterocycles. The molecule has 0 saturated carbocycles. The van der Waals surface area contributed by atoms with Crippen LogP contribution in [0.4, 0.5) is 19.0 Å². The third-order valence-electron chi connectivity index (χ3n) is 5.97. The fourth-order valence-corrected chi connectivity index (χ4v) is 5.46. The number of pyridine rings is 1. The van der Waals surface area contributed by atoms with E-state index in [9.17, 15) is 22.5 Å². The van der Waals surface area contributed by atoms with Crippen LogP contribution >= 0.6 is 0 Å². The first-order valence-electron chi connectivity index (χ1n) is 10.3. The van der Waals surface area contributed by atoms with Gasteiger partial charge in [0.05, 0.1) is 17.0 Å². The highest BCUT2D eigenvalue weighted by Crippen LogP contribution is 2.32. The van der Waals surface area contributed by atoms with E-state index >= 15 is 0 Å². The zero-order valence-electron chi connectivity index (χ0n) is 17.6. The van der Waals surface area contributed by atoms with Crippen LogP contribution in [-0.2, 0) is 18.2 Å². The van der Waals surface area contributed by atoms with E-state index in [4.69, 9.17) is 0 Å². The second kappa shape index (κ2) is 9.11. The summed E-state index contributed by atoms with van der Waals surface area (Å²) in [5.74, 6) is 0.518. The largest absolute Gasteiger partial charge is 0.616 e. The monoisotopic (exact) mass is 464 g/mol. The van der Waals surface area contributed by atoms with Gasteiger partial charge in [-0.25, -0.2) is 23.1 Å². The number of rotatable bonds is 5. The zero-order valence-corrected chi connectivity index (χ0v) is 18.5. The molecule has 0 aliphatic carbocycles. The number of aryl methyl sites for hydroxylation is 1. The number of aromatic nitrogens is 3. The van der Waals surface area contributed by atoms with Crippen molar-refractivity contribution in [1.82, 2.24) is 14.5 Å². The minimum absolute atomic E-state index is 0.0125. The summed E-state index contributed by atoms with van der Waals surface area (Å²) in [6.07, 6.45) is -0.298. The summed E-state index contributed by atoms with van der Waals surface area (Å²) >= 11 is -0.850. The molecule has 1 fully saturated rings. The summed E-state index contributed by atoms with van der Waals surface area (Å²) in [6.45, 7) is 1.65. The third-order valence-corrected chi connectivity index (χ3v) is 7.36. The molecule has 0 amide bonds. The molecule has 3 aromatic rings. The number of benzene rings is 1. The average molecular weight is 465 g/mol. The Morgan fingerprint density at radius 2 is 1.91 bits per heavy atom. The summed E-state index contributed by atoms with van der Waals surface area (Å²) in [6, 6.07) is 4.99. The van der Waals surface area contributed by atoms with E-state index in [1.54, 1.807) is 20.0 Å². The van der Waals surface area contributed by atoms with Gasteiger partial charge in [0.1, 0.15) is 35.1 Å². The number of hydrogen-bond acceptors (Lipinski definition) is 5. The molecule has 0 bridgehead atoms. The minimum atomic E-state index is -2.91. The molecular weight excluding hydrogens is 441 g/mol. The normalized spacial score (nSPS) is 20.0. The Bertz CT molecular complexity index is 1200. The SMILES string of the molecule is CC(Nc1ncnc2c1cc(C1CC[S+]([O-])CC1)c(=O)n2C)c1cccc(C(F)F)c1F. The van der Waals surface area contributed by atoms with Gasteiger partial charge in [0.2, 0.25) is 0 Å². The molecule has 3 heterocycles. The predicted octanol–water partition coefficient (Wildman–Crippen LogP) is 4.20. The summed E-state index contributed by atoms with van der Waals surface area (Å²) in [4.78, 5) is 21.4. The van der Waals surface area contributed by atoms with E-state index < -0.39 is 35.0 Å². The van der Waals surface area contributed by atoms with Crippen molar-refractivity contribution in [1.29, 1.82) is 0 Å². The van der Waals surface area contributed by atoms with Crippen molar-refractivity contribution in [3.63, 3.8) is 0 Å². The Labute approximate surface area is 186 Å². The fraction of sp³-hybridized carbons (Fsp3) is 0.409. The highest BCUT2D eigenvalue weighted by Gasteiger charge is 2.27. The van der Waals surface area contributed by atoms with Crippen LogP contribution < -0.4 is 10.9 Å². The molecule has 6 nitrogen and oxygen atoms in total. The second-order valence-corrected chi connectivity index (χ2v) is 9.66. The molecule has 4 rings (SSSR count). The van der Waals surface area contributed by atoms with Gasteiger partial charge in [-0.2, -0.15) is 0 Å². The molecule has 10 heteroatoms. The van der Waals surface area contributed by atoms with Crippen molar-refractivity contribution >= 4 is 28.0 Å². The Kier molecular flexibility index (Phi) is 6.43. The standard InChI is InChI=1S/C22H23F3N4O2S/c1-12(14-4-3-5-15(18(14)23)19(24)25)28-20-17-10-16(13-6-8-32(31)9-7-13)22(30)29(2)21(17)27-11-26-20/h3-5,10-13,19H,6-9H2,1-2H3,(H,26,27,28). The van der Waals surface area contributed by atoms with Gasteiger partial charge in [0, 0.05) is 18.2 Å². The maximum atomic E-state index is 14.6. The van der Waals surface area contributed by atoms with E-state index in [0.29, 0.717) is 46.8 Å². The van der Waals surface area contributed by atoms with Crippen LogP contribution in [-0.4, -0.2) is 30.6 Å². The molecule has 2 aromatic heterocycles. The average Bonchev–Trinajstić information content (AvgIpc) is 2.77. The highest BCUT2D eigenvalue weighted by atomic mass is 32.2. The van der Waals surface area contributed by atoms with Gasteiger partial charge in [0.15, 0.2) is 0 Å². The summed E-state index contributed by atoms with van der Waals surface area (Å²) in [7, 11) is 1.63. The number of hydrogen-bond donors (Lipinski definition) is 1. The molecule has 1 aromatic carbocycles. The van der Waals surface area contributed by atoms with Crippen molar-refractivity contribution in [3.8, 4) is 0 Å². The van der Waals surface area contributed by atoms with Gasteiger partial charge < -0.3 is 9.87 Å². The van der Waals surface area contributed by atoms with Crippen LogP contribution in [0.15, 0.2) is 35.4 Å². The number of fused-ring (bicyclic) bond motifs is 1. The smallest absolute Gasteiger partial charge is 0.266 e. The number of nitrogens with zero attached hydrogens (tertiary/aromatic N) is 3. The highest BCUT2D eigenvalue weighted by molar-refractivity contribution is 7.91. The minimum Gasteiger partial charge on any atom is -0.616 e. The molecule has 170 valence electrons. The Hall–Kier alpha value is -2.59. The molecule has 1 N–H and O–H groups in total. The van der Waals surface area contributed by atoms with Crippen LogP contribution in [0.25, 0.3) is 11.0 Å². The molecule has 0 spiro atoms. The Morgan fingerprint density at radius 1 is 1.22 bits per heavy atom. The molecule has 0 radical (unpaired) electrons. The van der Waals surface area contributed by atoms with Crippen LogP contribution in [0.1, 0.15) is 54.8 Å². The third kappa shape index (κ3) is 4.21. The number of alkyl halides is 2. The summed E-state index contributed by atoms with van der Waals surface area (Å²) in [5.41, 5.74) is 0.290. The molecule has 1 saturated heterocycles. The fourth-order valence-electron chi connectivity index (χ4n) is 4.16. The maximum absolute atomic E-state index is 14.6. The van der Waals surface area contributed by atoms with Gasteiger partial charge in [-0.1, -0.05) is 29.4 Å². The van der Waals surface area contributed by atoms with Crippen LogP contribution in [0.2, 0.25) is 0 Å². The maximum Gasteiger partial charge on any atom is 0.266 e. The molecule has 1 unspecified atom stereocenters. The topological polar surface area (TPSA) is 82.9 Å². The zero-order chi connectivity index (χ0) is 23.0. The molecule has 1 aliphatic rings. The van der Waals surface area contributed by atoms with E-state index in [1.807, 2.05) is 0 Å². The predicted molar refractivity (Wildman–Crippen MR) is 118 cm³/mol. The van der Waals surface area contributed by atoms with E-state index in [1.165, 1.54) is 23.0 Å². The van der Waals surface area contributed by atoms with Crippen LogP contribution in [0, 0.1) is 5.82 Å². The van der Waals surface area contributed by atoms with Gasteiger partial charge in [-0.3, -0.25) is 9.36 Å². The van der Waals surface area contributed by atoms with Crippen LogP contribution in [0.3, 0.4) is 0 Å². The van der Waals surface area contributed by atoms with Crippen molar-refractivity contribution in [2.75, 3.05) is 16.8 Å². The first-order valence-corrected chi connectivity index (χ1v) is 11.8. The number of anilines is 1. The summed E-state index contributed by atoms with van der Waals surface area (Å²) in [5, 5.41) is 3.67. The molecule has 32 heavy (non-hydrogen) atoms. The van der Waals surface area contributed by atoms with Crippen molar-refractivity contribution in [3.05, 3.63) is 63.5 Å². The quantitative estimate of drug-likeness (QED) is 0.572. The van der Waals surface area contributed by atoms with E-state index in [2.05, 4.69) is 15.3 Å². The molecule has 1 atom stereocenters. The van der Waals surface area contributed by atoms with Crippen molar-refractivity contribution < 1.29 is 17.7 Å². The second-order valence-electron chi connectivity index (χ2n) is 7.96. The Morgan fingerprint density at radius 3 is 2.59 bits per heavy atom. The lowest BCUT2D eigenvalue weighted by atomic mass is 9.94. The first-order chi connectivity index (χ1) is 15.3. The van der Waals surface area contributed by atoms with E-state index in [-0.39, 0.29) is 17.0 Å². The van der Waals surface area contributed by atoms with Gasteiger partial charge >= 0.3 is 0 Å². The first kappa shape index (κ1) is 22.6. The number of nitrogens with one attached hydrogen (secondary N) is 1. The van der Waals surface area contributed by atoms with Gasteiger partial charge in [-0.05, 0) is 31.7 Å². The van der Waals surface area contributed by atoms with Crippen molar-refractivity contribution in [2.45, 2.75) is 38.2 Å². The summed E-state index contributed by atoms with van der Waals surface area (Å²) < 4.78 is 54.0. The van der Waals surface area contributed by atoms with Crippen molar-refractivity contribution in [2.24, 2.45) is 7.05 Å². The van der Waals surface area contributed by atoms with Gasteiger partial charge in [0.25, 0.3) is 12.0 Å². The van der Waals surface area contributed by atoms with E-state index in [0.717, 1.165) is 6.07 Å².